The first kappa shape index (κ1) is 53.0. The van der Waals surface area contributed by atoms with Crippen LogP contribution in [0, 0.1) is 0 Å². The van der Waals surface area contributed by atoms with E-state index in [-0.39, 0.29) is 81.6 Å². The zero-order valence-corrected chi connectivity index (χ0v) is 45.3. The summed E-state index contributed by atoms with van der Waals surface area (Å²) in [6, 6.07) is 54.2. The molecule has 74 heavy (non-hydrogen) atoms. The Morgan fingerprint density at radius 3 is 1.22 bits per heavy atom. The zero-order valence-electron chi connectivity index (χ0n) is 39.7. The Morgan fingerprint density at radius 2 is 0.811 bits per heavy atom. The smallest absolute Gasteiger partial charge is 0.744 e. The van der Waals surface area contributed by atoms with Crippen molar-refractivity contribution >= 4 is 99.7 Å². The van der Waals surface area contributed by atoms with Crippen LogP contribution in [0.2, 0.25) is 0 Å². The van der Waals surface area contributed by atoms with Crippen LogP contribution in [-0.4, -0.2) is 48.1 Å². The number of rotatable bonds is 14. The van der Waals surface area contributed by atoms with Crippen LogP contribution in [0.3, 0.4) is 0 Å². The molecule has 0 unspecified atom stereocenters. The van der Waals surface area contributed by atoms with Gasteiger partial charge in [0.1, 0.15) is 31.9 Å². The molecule has 0 aliphatic carbocycles. The first-order chi connectivity index (χ1) is 34.9. The molecule has 0 amide bonds. The van der Waals surface area contributed by atoms with Gasteiger partial charge < -0.3 is 30.4 Å². The molecule has 8 aromatic carbocycles. The monoisotopic (exact) mass is 1040 g/mol. The van der Waals surface area contributed by atoms with E-state index in [1.54, 1.807) is 12.2 Å². The zero-order chi connectivity index (χ0) is 49.7. The molecule has 0 aromatic heterocycles. The van der Waals surface area contributed by atoms with E-state index in [4.69, 9.17) is 0 Å². The second kappa shape index (κ2) is 23.3. The van der Waals surface area contributed by atoms with Gasteiger partial charge in [-0.15, -0.1) is 20.7 Å². The molecule has 0 saturated heterocycles. The van der Waals surface area contributed by atoms with E-state index in [1.807, 2.05) is 146 Å². The van der Waals surface area contributed by atoms with E-state index in [0.29, 0.717) is 23.3 Å². The minimum atomic E-state index is -5.13. The number of amidine groups is 2. The molecule has 0 radical (unpaired) electrons. The predicted octanol–water partition coefficient (Wildman–Crippen LogP) is 3.03. The number of hydrogen-bond donors (Lipinski definition) is 8. The van der Waals surface area contributed by atoms with Crippen LogP contribution in [0.25, 0.3) is 33.7 Å². The molecule has 18 nitrogen and oxygen atoms in total. The molecule has 8 N–H and O–H groups in total. The molecule has 2 heterocycles. The Labute approximate surface area is 471 Å². The number of hydrazine groups is 4. The van der Waals surface area contributed by atoms with Gasteiger partial charge in [0.25, 0.3) is 0 Å². The number of anilines is 6. The van der Waals surface area contributed by atoms with Crippen LogP contribution in [0.1, 0.15) is 11.1 Å². The third kappa shape index (κ3) is 13.1. The van der Waals surface area contributed by atoms with Crippen LogP contribution in [-0.2, 0) is 20.2 Å². The summed E-state index contributed by atoms with van der Waals surface area (Å²) in [5.41, 5.74) is 15.5. The Kier molecular flexibility index (Phi) is 16.6. The van der Waals surface area contributed by atoms with Gasteiger partial charge in [0, 0.05) is 45.7 Å². The maximum absolute atomic E-state index is 12.8. The van der Waals surface area contributed by atoms with E-state index in [1.165, 1.54) is 46.9 Å². The van der Waals surface area contributed by atoms with Crippen molar-refractivity contribution in [2.24, 2.45) is 10.2 Å². The fraction of sp³-hybridized carbons (Fsp3) is 0. The van der Waals surface area contributed by atoms with Gasteiger partial charge in [-0.25, -0.2) is 27.7 Å². The SMILES string of the molecule is O=S(=O)([O-])c1cc(NN2N=C(Nc3cccc4ccccc34)C=C(Nc3ccccc3)N2)ccc1C=Cc1ccc(NN2N=C(Nc3cccc4ccccc34)C=C(Nc3ccccc3)N2)cc1S(=O)(=O)[O-].[Na+].[Na+]. The number of hydrogen-bond acceptors (Lipinski definition) is 18. The van der Waals surface area contributed by atoms with Crippen LogP contribution in [0.15, 0.2) is 226 Å². The van der Waals surface area contributed by atoms with Gasteiger partial charge >= 0.3 is 59.1 Å². The molecule has 8 aromatic rings. The van der Waals surface area contributed by atoms with Crippen LogP contribution >= 0.6 is 0 Å². The predicted molar refractivity (Wildman–Crippen MR) is 281 cm³/mol. The molecule has 10 rings (SSSR count). The molecule has 0 bridgehead atoms. The van der Waals surface area contributed by atoms with Crippen molar-refractivity contribution in [1.29, 1.82) is 0 Å². The van der Waals surface area contributed by atoms with Crippen molar-refractivity contribution in [3.8, 4) is 0 Å². The van der Waals surface area contributed by atoms with Crippen molar-refractivity contribution in [1.82, 2.24) is 21.3 Å². The number of benzene rings is 8. The van der Waals surface area contributed by atoms with Crippen molar-refractivity contribution in [2.75, 3.05) is 32.1 Å². The summed E-state index contributed by atoms with van der Waals surface area (Å²) in [4.78, 5) is -1.26. The van der Waals surface area contributed by atoms with E-state index < -0.39 is 30.0 Å². The second-order valence-electron chi connectivity index (χ2n) is 16.2. The summed E-state index contributed by atoms with van der Waals surface area (Å²) in [6.07, 6.45) is 6.00. The molecular formula is C52H42N12Na2O6S2. The van der Waals surface area contributed by atoms with Gasteiger partial charge in [0.05, 0.1) is 21.2 Å². The molecule has 0 spiro atoms. The van der Waals surface area contributed by atoms with Crippen molar-refractivity contribution in [3.63, 3.8) is 0 Å². The van der Waals surface area contributed by atoms with E-state index in [0.717, 1.165) is 56.4 Å². The Balaban J connectivity index is 0.00000364. The van der Waals surface area contributed by atoms with E-state index >= 15 is 0 Å². The van der Waals surface area contributed by atoms with Gasteiger partial charge in [-0.2, -0.15) is 0 Å². The number of nitrogens with zero attached hydrogens (tertiary/aromatic N) is 4. The topological polar surface area (TPSA) is 242 Å². The third-order valence-electron chi connectivity index (χ3n) is 11.1. The van der Waals surface area contributed by atoms with Crippen molar-refractivity contribution < 1.29 is 85.1 Å². The summed E-state index contributed by atoms with van der Waals surface area (Å²) in [6.45, 7) is 0. The molecular weight excluding hydrogens is 999 g/mol. The summed E-state index contributed by atoms with van der Waals surface area (Å²) < 4.78 is 76.8. The average Bonchev–Trinajstić information content (AvgIpc) is 3.36. The molecule has 0 fully saturated rings. The van der Waals surface area contributed by atoms with Gasteiger partial charge in [-0.05, 0) is 82.6 Å². The van der Waals surface area contributed by atoms with Gasteiger partial charge in [0.2, 0.25) is 0 Å². The van der Waals surface area contributed by atoms with Crippen molar-refractivity contribution in [2.45, 2.75) is 9.79 Å². The minimum absolute atomic E-state index is 0. The quantitative estimate of drug-likeness (QED) is 0.0444. The summed E-state index contributed by atoms with van der Waals surface area (Å²) in [5, 5.41) is 29.0. The first-order valence-electron chi connectivity index (χ1n) is 22.2. The second-order valence-corrected chi connectivity index (χ2v) is 18.9. The maximum atomic E-state index is 12.8. The minimum Gasteiger partial charge on any atom is -0.744 e. The first-order valence-corrected chi connectivity index (χ1v) is 25.0. The molecule has 2 aliphatic heterocycles. The van der Waals surface area contributed by atoms with Gasteiger partial charge in [-0.3, -0.25) is 10.9 Å². The standard InChI is InChI=1S/C52H44N12O6S2.2Na/c65-71(66,67)47-31-41(57-63-59-49(53-39-17-3-1-4-18-39)33-51(61-63)55-45-23-11-15-35-13-7-9-21-43(35)45)29-27-37(47)25-26-38-28-30-42(32-48(38)72(68,69)70)58-64-60-50(54-40-19-5-2-6-20-40)34-52(62-64)56-46-24-12-16-36-14-8-10-22-44(36)46;;/h1-34,53-54,57-60H,(H,55,61)(H,56,62)(H,65,66,67)(H,68,69,70);;/q;2*+1/p-2. The molecule has 0 saturated carbocycles. The number of fused-ring (bicyclic) bond motifs is 2. The van der Waals surface area contributed by atoms with Crippen LogP contribution < -0.4 is 102 Å². The van der Waals surface area contributed by atoms with Crippen LogP contribution in [0.4, 0.5) is 34.1 Å². The summed E-state index contributed by atoms with van der Waals surface area (Å²) >= 11 is 0. The van der Waals surface area contributed by atoms with Gasteiger partial charge in [-0.1, -0.05) is 133 Å². The summed E-state index contributed by atoms with van der Waals surface area (Å²) in [7, 11) is -10.3. The fourth-order valence-corrected chi connectivity index (χ4v) is 9.28. The fourth-order valence-electron chi connectivity index (χ4n) is 7.88. The Morgan fingerprint density at radius 1 is 0.432 bits per heavy atom. The number of para-hydroxylation sites is 2. The largest absolute Gasteiger partial charge is 1.00 e. The number of hydrazone groups is 2. The number of nitrogens with one attached hydrogen (secondary N) is 8. The van der Waals surface area contributed by atoms with Gasteiger partial charge in [0.15, 0.2) is 11.7 Å². The molecule has 22 heteroatoms. The van der Waals surface area contributed by atoms with Crippen LogP contribution in [0.5, 0.6) is 0 Å². The molecule has 2 aliphatic rings. The Hall–Kier alpha value is -7.34. The van der Waals surface area contributed by atoms with Crippen molar-refractivity contribution in [3.05, 3.63) is 217 Å². The average molecular weight is 1040 g/mol. The Bertz CT molecular complexity index is 3500. The molecule has 360 valence electrons. The van der Waals surface area contributed by atoms with E-state index in [9.17, 15) is 25.9 Å². The summed E-state index contributed by atoms with van der Waals surface area (Å²) in [5.74, 6) is 1.79. The van der Waals surface area contributed by atoms with E-state index in [2.05, 4.69) is 53.2 Å². The molecule has 0 atom stereocenters. The maximum Gasteiger partial charge on any atom is 1.00 e. The third-order valence-corrected chi connectivity index (χ3v) is 12.9. The normalized spacial score (nSPS) is 13.4.